The van der Waals surface area contributed by atoms with Crippen molar-refractivity contribution in [3.63, 3.8) is 0 Å². The average molecular weight is 281 g/mol. The summed E-state index contributed by atoms with van der Waals surface area (Å²) in [6.07, 6.45) is 0. The van der Waals surface area contributed by atoms with E-state index in [1.807, 2.05) is 38.1 Å². The first kappa shape index (κ1) is 12.7. The van der Waals surface area contributed by atoms with Crippen molar-refractivity contribution in [3.05, 3.63) is 47.3 Å². The number of hydrogen-bond acceptors (Lipinski definition) is 5. The third kappa shape index (κ3) is 2.26. The lowest BCUT2D eigenvalue weighted by atomic mass is 10.1. The van der Waals surface area contributed by atoms with Crippen molar-refractivity contribution in [1.82, 2.24) is 9.97 Å². The topological polar surface area (TPSA) is 62.7 Å². The minimum absolute atomic E-state index is 0.548. The molecule has 2 aromatic heterocycles. The van der Waals surface area contributed by atoms with Gasteiger partial charge in [-0.25, -0.2) is 9.97 Å². The molecule has 0 saturated heterocycles. The molecule has 1 aromatic carbocycles. The second-order valence-electron chi connectivity index (χ2n) is 4.36. The zero-order chi connectivity index (χ0) is 14.1. The number of oxazole rings is 1. The summed E-state index contributed by atoms with van der Waals surface area (Å²) in [5, 5.41) is 11.4. The van der Waals surface area contributed by atoms with Crippen molar-refractivity contribution in [2.75, 3.05) is 0 Å². The number of rotatable bonds is 2. The summed E-state index contributed by atoms with van der Waals surface area (Å²) in [6.45, 7) is 3.78. The molecular weight excluding hydrogens is 270 g/mol. The minimum Gasteiger partial charge on any atom is -0.436 e. The fourth-order valence-corrected chi connectivity index (χ4v) is 2.72. The normalized spacial score (nSPS) is 10.7. The molecule has 20 heavy (non-hydrogen) atoms. The van der Waals surface area contributed by atoms with E-state index in [-0.39, 0.29) is 0 Å². The van der Waals surface area contributed by atoms with Gasteiger partial charge >= 0.3 is 0 Å². The fraction of sp³-hybridized carbons (Fsp3) is 0.133. The van der Waals surface area contributed by atoms with Crippen LogP contribution >= 0.6 is 11.8 Å². The molecule has 0 aliphatic heterocycles. The van der Waals surface area contributed by atoms with Crippen molar-refractivity contribution < 1.29 is 4.42 Å². The van der Waals surface area contributed by atoms with Crippen molar-refractivity contribution in [2.24, 2.45) is 0 Å². The van der Waals surface area contributed by atoms with E-state index < -0.39 is 0 Å². The van der Waals surface area contributed by atoms with Crippen LogP contribution in [0.2, 0.25) is 0 Å². The Morgan fingerprint density at radius 2 is 2.00 bits per heavy atom. The van der Waals surface area contributed by atoms with Crippen molar-refractivity contribution in [1.29, 1.82) is 5.26 Å². The molecule has 0 radical (unpaired) electrons. The van der Waals surface area contributed by atoms with E-state index in [1.54, 1.807) is 6.07 Å². The van der Waals surface area contributed by atoms with E-state index in [9.17, 15) is 5.26 Å². The van der Waals surface area contributed by atoms with Crippen LogP contribution in [0, 0.1) is 25.2 Å². The van der Waals surface area contributed by atoms with Gasteiger partial charge in [-0.1, -0.05) is 18.2 Å². The Bertz CT molecular complexity index is 813. The summed E-state index contributed by atoms with van der Waals surface area (Å²) in [4.78, 5) is 8.84. The molecule has 0 saturated carbocycles. The molecule has 0 atom stereocenters. The Balaban J connectivity index is 2.06. The molecule has 0 spiro atoms. The largest absolute Gasteiger partial charge is 0.436 e. The number of nitriles is 1. The third-order valence-corrected chi connectivity index (χ3v) is 3.78. The first-order chi connectivity index (χ1) is 9.67. The monoisotopic (exact) mass is 281 g/mol. The van der Waals surface area contributed by atoms with Gasteiger partial charge in [-0.05, 0) is 37.7 Å². The van der Waals surface area contributed by atoms with Crippen LogP contribution in [-0.4, -0.2) is 9.97 Å². The summed E-state index contributed by atoms with van der Waals surface area (Å²) in [7, 11) is 0. The van der Waals surface area contributed by atoms with Crippen LogP contribution in [0.5, 0.6) is 0 Å². The predicted octanol–water partition coefficient (Wildman–Crippen LogP) is 3.86. The average Bonchev–Trinajstić information content (AvgIpc) is 2.76. The zero-order valence-corrected chi connectivity index (χ0v) is 11.9. The van der Waals surface area contributed by atoms with E-state index in [4.69, 9.17) is 4.42 Å². The Morgan fingerprint density at radius 1 is 1.20 bits per heavy atom. The number of nitrogens with zero attached hydrogens (tertiary/aromatic N) is 3. The van der Waals surface area contributed by atoms with Gasteiger partial charge < -0.3 is 4.42 Å². The van der Waals surface area contributed by atoms with Gasteiger partial charge in [-0.2, -0.15) is 5.26 Å². The molecule has 0 amide bonds. The number of aromatic nitrogens is 2. The van der Waals surface area contributed by atoms with Crippen LogP contribution < -0.4 is 0 Å². The van der Waals surface area contributed by atoms with Gasteiger partial charge in [0, 0.05) is 5.39 Å². The summed E-state index contributed by atoms with van der Waals surface area (Å²) >= 11 is 1.33. The number of pyridine rings is 1. The van der Waals surface area contributed by atoms with Crippen LogP contribution in [0.15, 0.2) is 45.0 Å². The number of benzene rings is 1. The maximum Gasteiger partial charge on any atom is 0.262 e. The highest BCUT2D eigenvalue weighted by Gasteiger charge is 2.11. The zero-order valence-electron chi connectivity index (χ0n) is 11.0. The highest BCUT2D eigenvalue weighted by atomic mass is 32.2. The molecule has 0 aliphatic carbocycles. The predicted molar refractivity (Wildman–Crippen MR) is 76.6 cm³/mol. The molecule has 4 nitrogen and oxygen atoms in total. The van der Waals surface area contributed by atoms with Crippen LogP contribution in [-0.2, 0) is 0 Å². The molecule has 0 aliphatic rings. The summed E-state index contributed by atoms with van der Waals surface area (Å²) in [5.74, 6) is 0.800. The first-order valence-electron chi connectivity index (χ1n) is 6.09. The SMILES string of the molecule is Cc1nc(Sc2cc(C#N)c3ccccc3n2)oc1C. The Morgan fingerprint density at radius 3 is 2.70 bits per heavy atom. The molecular formula is C15H11N3OS. The number of para-hydroxylation sites is 1. The number of fused-ring (bicyclic) bond motifs is 1. The smallest absolute Gasteiger partial charge is 0.262 e. The summed E-state index contributed by atoms with van der Waals surface area (Å²) in [6, 6.07) is 11.6. The summed E-state index contributed by atoms with van der Waals surface area (Å²) in [5.41, 5.74) is 2.28. The standard InChI is InChI=1S/C15H11N3OS/c1-9-10(2)19-15(17-9)20-14-7-11(8-16)12-5-3-4-6-13(12)18-14/h3-7H,1-2H3. The van der Waals surface area contributed by atoms with Crippen molar-refractivity contribution >= 4 is 22.7 Å². The molecule has 3 rings (SSSR count). The van der Waals surface area contributed by atoms with Gasteiger partial charge in [0.05, 0.1) is 22.8 Å². The fourth-order valence-electron chi connectivity index (χ4n) is 1.87. The Hall–Kier alpha value is -2.32. The molecule has 0 unspecified atom stereocenters. The molecule has 98 valence electrons. The van der Waals surface area contributed by atoms with Gasteiger partial charge in [0.2, 0.25) is 0 Å². The van der Waals surface area contributed by atoms with Crippen LogP contribution in [0.4, 0.5) is 0 Å². The van der Waals surface area contributed by atoms with E-state index >= 15 is 0 Å². The molecule has 3 aromatic rings. The van der Waals surface area contributed by atoms with E-state index in [0.717, 1.165) is 22.4 Å². The highest BCUT2D eigenvalue weighted by molar-refractivity contribution is 7.99. The second kappa shape index (κ2) is 4.99. The Kier molecular flexibility index (Phi) is 3.17. The van der Waals surface area contributed by atoms with Gasteiger partial charge in [0.1, 0.15) is 10.8 Å². The van der Waals surface area contributed by atoms with E-state index in [0.29, 0.717) is 15.8 Å². The quantitative estimate of drug-likeness (QED) is 0.713. The first-order valence-corrected chi connectivity index (χ1v) is 6.91. The second-order valence-corrected chi connectivity index (χ2v) is 5.33. The molecule has 0 bridgehead atoms. The van der Waals surface area contributed by atoms with E-state index in [2.05, 4.69) is 16.0 Å². The lowest BCUT2D eigenvalue weighted by molar-refractivity contribution is 0.431. The Labute approximate surface area is 120 Å². The lowest BCUT2D eigenvalue weighted by Crippen LogP contribution is -1.87. The van der Waals surface area contributed by atoms with Gasteiger partial charge in [0.25, 0.3) is 5.22 Å². The van der Waals surface area contributed by atoms with Crippen LogP contribution in [0.1, 0.15) is 17.0 Å². The summed E-state index contributed by atoms with van der Waals surface area (Å²) < 4.78 is 5.53. The van der Waals surface area contributed by atoms with Crippen LogP contribution in [0.3, 0.4) is 0 Å². The number of hydrogen-bond donors (Lipinski definition) is 0. The third-order valence-electron chi connectivity index (χ3n) is 3.01. The molecule has 0 fully saturated rings. The maximum atomic E-state index is 9.25. The van der Waals surface area contributed by atoms with E-state index in [1.165, 1.54) is 11.8 Å². The van der Waals surface area contributed by atoms with Crippen LogP contribution in [0.25, 0.3) is 10.9 Å². The van der Waals surface area contributed by atoms with Crippen molar-refractivity contribution in [2.45, 2.75) is 24.1 Å². The lowest BCUT2D eigenvalue weighted by Gasteiger charge is -2.02. The van der Waals surface area contributed by atoms with Gasteiger partial charge in [-0.3, -0.25) is 0 Å². The van der Waals surface area contributed by atoms with Crippen molar-refractivity contribution in [3.8, 4) is 6.07 Å². The number of aryl methyl sites for hydroxylation is 2. The molecule has 5 heteroatoms. The highest BCUT2D eigenvalue weighted by Crippen LogP contribution is 2.29. The molecule has 0 N–H and O–H groups in total. The maximum absolute atomic E-state index is 9.25. The molecule has 2 heterocycles. The van der Waals surface area contributed by atoms with Gasteiger partial charge in [-0.15, -0.1) is 0 Å². The van der Waals surface area contributed by atoms with Gasteiger partial charge in [0.15, 0.2) is 0 Å². The minimum atomic E-state index is 0.548.